The van der Waals surface area contributed by atoms with Gasteiger partial charge in [-0.3, -0.25) is 9.69 Å². The van der Waals surface area contributed by atoms with E-state index in [1.807, 2.05) is 0 Å². The summed E-state index contributed by atoms with van der Waals surface area (Å²) in [5.74, 6) is 0.363. The quantitative estimate of drug-likeness (QED) is 0.814. The minimum absolute atomic E-state index is 0.363. The molecule has 1 N–H and O–H groups in total. The summed E-state index contributed by atoms with van der Waals surface area (Å²) in [6.45, 7) is 8.47. The number of piperazine rings is 1. The van der Waals surface area contributed by atoms with Crippen LogP contribution in [0.5, 0.6) is 0 Å². The smallest absolute Gasteiger partial charge is 0.222 e. The van der Waals surface area contributed by atoms with Gasteiger partial charge in [0.25, 0.3) is 0 Å². The van der Waals surface area contributed by atoms with Gasteiger partial charge in [-0.2, -0.15) is 0 Å². The number of nitrogens with one attached hydrogen (secondary N) is 1. The van der Waals surface area contributed by atoms with Gasteiger partial charge in [-0.25, -0.2) is 0 Å². The first-order valence-electron chi connectivity index (χ1n) is 7.54. The van der Waals surface area contributed by atoms with Crippen LogP contribution in [0.2, 0.25) is 0 Å². The zero-order valence-corrected chi connectivity index (χ0v) is 11.7. The molecule has 2 aliphatic rings. The van der Waals surface area contributed by atoms with Crippen molar-refractivity contribution in [2.75, 3.05) is 39.3 Å². The second kappa shape index (κ2) is 7.10. The highest BCUT2D eigenvalue weighted by molar-refractivity contribution is 5.76. The third-order valence-corrected chi connectivity index (χ3v) is 4.24. The monoisotopic (exact) mass is 253 g/mol. The van der Waals surface area contributed by atoms with Crippen molar-refractivity contribution in [3.63, 3.8) is 0 Å². The summed E-state index contributed by atoms with van der Waals surface area (Å²) in [4.78, 5) is 16.6. The van der Waals surface area contributed by atoms with Crippen LogP contribution in [-0.4, -0.2) is 61.0 Å². The average molecular weight is 253 g/mol. The molecule has 0 spiro atoms. The Bertz CT molecular complexity index is 256. The van der Waals surface area contributed by atoms with Crippen molar-refractivity contribution >= 4 is 5.91 Å². The van der Waals surface area contributed by atoms with Crippen LogP contribution in [0, 0.1) is 0 Å². The van der Waals surface area contributed by atoms with Crippen LogP contribution in [-0.2, 0) is 4.79 Å². The van der Waals surface area contributed by atoms with E-state index in [1.165, 1.54) is 12.8 Å². The molecule has 0 unspecified atom stereocenters. The molecule has 0 aliphatic carbocycles. The fourth-order valence-corrected chi connectivity index (χ4v) is 2.99. The Morgan fingerprint density at radius 1 is 1.17 bits per heavy atom. The molecule has 0 aromatic rings. The molecule has 0 radical (unpaired) electrons. The van der Waals surface area contributed by atoms with E-state index in [9.17, 15) is 4.79 Å². The van der Waals surface area contributed by atoms with E-state index in [1.54, 1.807) is 0 Å². The van der Waals surface area contributed by atoms with Crippen LogP contribution in [0.3, 0.4) is 0 Å². The maximum Gasteiger partial charge on any atom is 0.222 e. The van der Waals surface area contributed by atoms with Crippen LogP contribution in [0.4, 0.5) is 0 Å². The van der Waals surface area contributed by atoms with Crippen LogP contribution in [0.1, 0.15) is 39.0 Å². The number of hydrogen-bond donors (Lipinski definition) is 1. The Morgan fingerprint density at radius 3 is 2.44 bits per heavy atom. The number of carbonyl (C=O) groups excluding carboxylic acids is 1. The molecule has 104 valence electrons. The van der Waals surface area contributed by atoms with Gasteiger partial charge in [0.05, 0.1) is 0 Å². The second-order valence-electron chi connectivity index (χ2n) is 5.50. The van der Waals surface area contributed by atoms with E-state index in [0.29, 0.717) is 5.91 Å². The highest BCUT2D eigenvalue weighted by Gasteiger charge is 2.26. The van der Waals surface area contributed by atoms with Crippen LogP contribution in [0.15, 0.2) is 0 Å². The number of hydrogen-bond acceptors (Lipinski definition) is 3. The Morgan fingerprint density at radius 2 is 1.83 bits per heavy atom. The molecule has 0 aromatic heterocycles. The van der Waals surface area contributed by atoms with Gasteiger partial charge in [0, 0.05) is 38.6 Å². The summed E-state index contributed by atoms with van der Waals surface area (Å²) in [5.41, 5.74) is 0. The lowest BCUT2D eigenvalue weighted by Gasteiger charge is -2.40. The van der Waals surface area contributed by atoms with E-state index >= 15 is 0 Å². The van der Waals surface area contributed by atoms with Crippen molar-refractivity contribution in [1.29, 1.82) is 0 Å². The summed E-state index contributed by atoms with van der Waals surface area (Å²) in [7, 11) is 0. The molecule has 18 heavy (non-hydrogen) atoms. The lowest BCUT2D eigenvalue weighted by atomic mass is 10.0. The van der Waals surface area contributed by atoms with E-state index in [2.05, 4.69) is 22.0 Å². The van der Waals surface area contributed by atoms with Crippen molar-refractivity contribution in [2.45, 2.75) is 45.1 Å². The highest BCUT2D eigenvalue weighted by atomic mass is 16.2. The standard InChI is InChI=1S/C14H27N3O/c1-2-3-4-14(18)17-11-9-16(10-12-17)13-5-7-15-8-6-13/h13,15H,2-12H2,1H3. The number of nitrogens with zero attached hydrogens (tertiary/aromatic N) is 2. The second-order valence-corrected chi connectivity index (χ2v) is 5.50. The van der Waals surface area contributed by atoms with Crippen molar-refractivity contribution < 1.29 is 4.79 Å². The molecule has 0 saturated carbocycles. The van der Waals surface area contributed by atoms with Crippen molar-refractivity contribution in [2.24, 2.45) is 0 Å². The third-order valence-electron chi connectivity index (χ3n) is 4.24. The van der Waals surface area contributed by atoms with Crippen LogP contribution >= 0.6 is 0 Å². The zero-order chi connectivity index (χ0) is 12.8. The molecular weight excluding hydrogens is 226 g/mol. The molecule has 2 heterocycles. The molecule has 2 saturated heterocycles. The number of amides is 1. The van der Waals surface area contributed by atoms with Gasteiger partial charge in [-0.15, -0.1) is 0 Å². The summed E-state index contributed by atoms with van der Waals surface area (Å²) >= 11 is 0. The molecule has 0 bridgehead atoms. The minimum Gasteiger partial charge on any atom is -0.340 e. The first-order valence-corrected chi connectivity index (χ1v) is 7.54. The SMILES string of the molecule is CCCCC(=O)N1CCN(C2CCNCC2)CC1. The Balaban J connectivity index is 1.71. The minimum atomic E-state index is 0.363. The number of piperidine rings is 1. The molecule has 2 fully saturated rings. The fraction of sp³-hybridized carbons (Fsp3) is 0.929. The van der Waals surface area contributed by atoms with Crippen molar-refractivity contribution in [3.8, 4) is 0 Å². The molecular formula is C14H27N3O. The molecule has 0 atom stereocenters. The molecule has 0 aromatic carbocycles. The van der Waals surface area contributed by atoms with E-state index < -0.39 is 0 Å². The first kappa shape index (κ1) is 13.8. The van der Waals surface area contributed by atoms with Crippen molar-refractivity contribution in [1.82, 2.24) is 15.1 Å². The van der Waals surface area contributed by atoms with Crippen molar-refractivity contribution in [3.05, 3.63) is 0 Å². The Kier molecular flexibility index (Phi) is 5.45. The topological polar surface area (TPSA) is 35.6 Å². The number of unbranched alkanes of at least 4 members (excludes halogenated alkanes) is 1. The van der Waals surface area contributed by atoms with Crippen LogP contribution in [0.25, 0.3) is 0 Å². The third kappa shape index (κ3) is 3.69. The maximum absolute atomic E-state index is 11.9. The fourth-order valence-electron chi connectivity index (χ4n) is 2.99. The summed E-state index contributed by atoms with van der Waals surface area (Å²) in [5, 5.41) is 3.41. The van der Waals surface area contributed by atoms with Gasteiger partial charge in [-0.1, -0.05) is 13.3 Å². The largest absolute Gasteiger partial charge is 0.340 e. The highest BCUT2D eigenvalue weighted by Crippen LogP contribution is 2.15. The summed E-state index contributed by atoms with van der Waals surface area (Å²) < 4.78 is 0. The lowest BCUT2D eigenvalue weighted by Crippen LogP contribution is -2.53. The Labute approximate surface area is 111 Å². The number of carbonyl (C=O) groups is 1. The predicted octanol–water partition coefficient (Wildman–Crippen LogP) is 1.07. The van der Waals surface area contributed by atoms with Gasteiger partial charge in [0.2, 0.25) is 5.91 Å². The lowest BCUT2D eigenvalue weighted by molar-refractivity contribution is -0.133. The maximum atomic E-state index is 11.9. The Hall–Kier alpha value is -0.610. The summed E-state index contributed by atoms with van der Waals surface area (Å²) in [6.07, 6.45) is 5.42. The molecule has 4 heteroatoms. The zero-order valence-electron chi connectivity index (χ0n) is 11.7. The van der Waals surface area contributed by atoms with E-state index in [-0.39, 0.29) is 0 Å². The van der Waals surface area contributed by atoms with E-state index in [4.69, 9.17) is 0 Å². The van der Waals surface area contributed by atoms with Gasteiger partial charge in [0.1, 0.15) is 0 Å². The molecule has 2 rings (SSSR count). The van der Waals surface area contributed by atoms with E-state index in [0.717, 1.165) is 64.6 Å². The molecule has 4 nitrogen and oxygen atoms in total. The van der Waals surface area contributed by atoms with Gasteiger partial charge in [0.15, 0.2) is 0 Å². The molecule has 2 aliphatic heterocycles. The van der Waals surface area contributed by atoms with Crippen LogP contribution < -0.4 is 5.32 Å². The average Bonchev–Trinajstić information content (AvgIpc) is 2.46. The predicted molar refractivity (Wildman–Crippen MR) is 73.6 cm³/mol. The summed E-state index contributed by atoms with van der Waals surface area (Å²) in [6, 6.07) is 0.749. The molecule has 1 amide bonds. The van der Waals surface area contributed by atoms with Gasteiger partial charge >= 0.3 is 0 Å². The first-order chi connectivity index (χ1) is 8.81. The van der Waals surface area contributed by atoms with Gasteiger partial charge in [-0.05, 0) is 32.4 Å². The number of rotatable bonds is 4. The normalized spacial score (nSPS) is 23.3. The van der Waals surface area contributed by atoms with Gasteiger partial charge < -0.3 is 10.2 Å².